The Morgan fingerprint density at radius 1 is 1.12 bits per heavy atom. The Balaban J connectivity index is 2.45. The Labute approximate surface area is 152 Å². The van der Waals surface area contributed by atoms with Gasteiger partial charge in [-0.05, 0) is 52.2 Å². The quantitative estimate of drug-likeness (QED) is 0.531. The Morgan fingerprint density at radius 3 is 2.36 bits per heavy atom. The van der Waals surface area contributed by atoms with Gasteiger partial charge in [0.05, 0.1) is 12.7 Å². The molecule has 0 aromatic heterocycles. The summed E-state index contributed by atoms with van der Waals surface area (Å²) < 4.78 is 17.1. The highest BCUT2D eigenvalue weighted by Gasteiger charge is 2.17. The first-order valence-electron chi connectivity index (χ1n) is 9.34. The number of rotatable bonds is 10. The van der Waals surface area contributed by atoms with E-state index in [2.05, 4.69) is 13.8 Å². The molecule has 0 saturated carbocycles. The standard InChI is InChI=1S/C21H34O4/c1-7-17(8-2)15-23-18-10-9-11-19(14-18)24-16(3)12-13-20(22)25-21(4,5)6/h9-11,14,16-17H,7-8,12-13,15H2,1-6H3/t16-/m1/s1. The van der Waals surface area contributed by atoms with Crippen LogP contribution >= 0.6 is 0 Å². The highest BCUT2D eigenvalue weighted by atomic mass is 16.6. The number of carbonyl (C=O) groups excluding carboxylic acids is 1. The van der Waals surface area contributed by atoms with Crippen LogP contribution in [0, 0.1) is 5.92 Å². The van der Waals surface area contributed by atoms with Crippen molar-refractivity contribution in [2.45, 2.75) is 78.9 Å². The van der Waals surface area contributed by atoms with Crippen LogP contribution in [0.15, 0.2) is 24.3 Å². The molecule has 0 fully saturated rings. The Morgan fingerprint density at radius 2 is 1.76 bits per heavy atom. The third-order valence-corrected chi connectivity index (χ3v) is 3.96. The number of esters is 1. The zero-order valence-electron chi connectivity index (χ0n) is 16.6. The van der Waals surface area contributed by atoms with Gasteiger partial charge < -0.3 is 14.2 Å². The van der Waals surface area contributed by atoms with Crippen LogP contribution in [0.1, 0.15) is 67.2 Å². The monoisotopic (exact) mass is 350 g/mol. The van der Waals surface area contributed by atoms with Crippen LogP contribution in [0.5, 0.6) is 11.5 Å². The third-order valence-electron chi connectivity index (χ3n) is 3.96. The van der Waals surface area contributed by atoms with E-state index in [9.17, 15) is 4.79 Å². The van der Waals surface area contributed by atoms with Crippen molar-refractivity contribution in [3.63, 3.8) is 0 Å². The van der Waals surface area contributed by atoms with E-state index < -0.39 is 5.60 Å². The molecular weight excluding hydrogens is 316 g/mol. The second kappa shape index (κ2) is 10.3. The van der Waals surface area contributed by atoms with Gasteiger partial charge in [-0.15, -0.1) is 0 Å². The summed E-state index contributed by atoms with van der Waals surface area (Å²) in [7, 11) is 0. The maximum absolute atomic E-state index is 11.8. The van der Waals surface area contributed by atoms with E-state index in [0.29, 0.717) is 18.8 Å². The predicted octanol–water partition coefficient (Wildman–Crippen LogP) is 5.39. The molecule has 0 unspecified atom stereocenters. The van der Waals surface area contributed by atoms with E-state index >= 15 is 0 Å². The summed E-state index contributed by atoms with van der Waals surface area (Å²) in [5.74, 6) is 1.98. The van der Waals surface area contributed by atoms with Crippen LogP contribution in [0.3, 0.4) is 0 Å². The molecule has 1 aromatic rings. The molecule has 0 aliphatic carbocycles. The molecule has 1 rings (SSSR count). The van der Waals surface area contributed by atoms with Gasteiger partial charge >= 0.3 is 5.97 Å². The van der Waals surface area contributed by atoms with Gasteiger partial charge in [-0.25, -0.2) is 0 Å². The average molecular weight is 350 g/mol. The molecule has 0 bridgehead atoms. The molecule has 1 atom stereocenters. The molecule has 0 heterocycles. The molecule has 4 nitrogen and oxygen atoms in total. The summed E-state index contributed by atoms with van der Waals surface area (Å²) in [6, 6.07) is 7.69. The lowest BCUT2D eigenvalue weighted by Gasteiger charge is -2.20. The lowest BCUT2D eigenvalue weighted by Crippen LogP contribution is -2.25. The smallest absolute Gasteiger partial charge is 0.306 e. The van der Waals surface area contributed by atoms with Gasteiger partial charge in [0.2, 0.25) is 0 Å². The third kappa shape index (κ3) is 9.37. The topological polar surface area (TPSA) is 44.8 Å². The fourth-order valence-electron chi connectivity index (χ4n) is 2.38. The van der Waals surface area contributed by atoms with Crippen LogP contribution in [0.2, 0.25) is 0 Å². The van der Waals surface area contributed by atoms with Gasteiger partial charge in [0.25, 0.3) is 0 Å². The molecule has 4 heteroatoms. The number of hydrogen-bond donors (Lipinski definition) is 0. The SMILES string of the molecule is CCC(CC)COc1cccc(O[C@H](C)CCC(=O)OC(C)(C)C)c1. The first-order chi connectivity index (χ1) is 11.7. The van der Waals surface area contributed by atoms with Crippen LogP contribution in [0.25, 0.3) is 0 Å². The minimum Gasteiger partial charge on any atom is -0.493 e. The van der Waals surface area contributed by atoms with Crippen molar-refractivity contribution in [2.75, 3.05) is 6.61 Å². The normalized spacial score (nSPS) is 12.8. The largest absolute Gasteiger partial charge is 0.493 e. The van der Waals surface area contributed by atoms with E-state index in [1.54, 1.807) is 0 Å². The Bertz CT molecular complexity index is 515. The predicted molar refractivity (Wildman–Crippen MR) is 101 cm³/mol. The second-order valence-electron chi connectivity index (χ2n) is 7.52. The molecule has 25 heavy (non-hydrogen) atoms. The van der Waals surface area contributed by atoms with Crippen molar-refractivity contribution >= 4 is 5.97 Å². The van der Waals surface area contributed by atoms with Crippen molar-refractivity contribution in [3.8, 4) is 11.5 Å². The molecule has 0 N–H and O–H groups in total. The van der Waals surface area contributed by atoms with Crippen molar-refractivity contribution < 1.29 is 19.0 Å². The molecule has 0 amide bonds. The van der Waals surface area contributed by atoms with E-state index in [1.807, 2.05) is 52.0 Å². The van der Waals surface area contributed by atoms with Crippen molar-refractivity contribution in [1.29, 1.82) is 0 Å². The van der Waals surface area contributed by atoms with Gasteiger partial charge in [-0.2, -0.15) is 0 Å². The first-order valence-corrected chi connectivity index (χ1v) is 9.34. The van der Waals surface area contributed by atoms with Gasteiger partial charge in [-0.1, -0.05) is 32.8 Å². The van der Waals surface area contributed by atoms with E-state index in [1.165, 1.54) is 0 Å². The van der Waals surface area contributed by atoms with Gasteiger partial charge in [0.1, 0.15) is 17.1 Å². The lowest BCUT2D eigenvalue weighted by molar-refractivity contribution is -0.155. The zero-order chi connectivity index (χ0) is 18.9. The van der Waals surface area contributed by atoms with Gasteiger partial charge in [0.15, 0.2) is 0 Å². The molecular formula is C21H34O4. The average Bonchev–Trinajstić information content (AvgIpc) is 2.53. The Hall–Kier alpha value is -1.71. The molecule has 142 valence electrons. The number of ether oxygens (including phenoxy) is 3. The van der Waals surface area contributed by atoms with Crippen LogP contribution < -0.4 is 9.47 Å². The number of hydrogen-bond acceptors (Lipinski definition) is 4. The highest BCUT2D eigenvalue weighted by Crippen LogP contribution is 2.22. The summed E-state index contributed by atoms with van der Waals surface area (Å²) in [5, 5.41) is 0. The van der Waals surface area contributed by atoms with Gasteiger partial charge in [0, 0.05) is 12.5 Å². The zero-order valence-corrected chi connectivity index (χ0v) is 16.6. The minimum atomic E-state index is -0.443. The fourth-order valence-corrected chi connectivity index (χ4v) is 2.38. The van der Waals surface area contributed by atoms with Crippen LogP contribution in [-0.4, -0.2) is 24.3 Å². The maximum Gasteiger partial charge on any atom is 0.306 e. The molecule has 0 spiro atoms. The summed E-state index contributed by atoms with van der Waals surface area (Å²) in [6.45, 7) is 12.7. The molecule has 1 aromatic carbocycles. The number of benzene rings is 1. The number of carbonyl (C=O) groups is 1. The van der Waals surface area contributed by atoms with E-state index in [0.717, 1.165) is 30.9 Å². The highest BCUT2D eigenvalue weighted by molar-refractivity contribution is 5.69. The van der Waals surface area contributed by atoms with E-state index in [4.69, 9.17) is 14.2 Å². The van der Waals surface area contributed by atoms with E-state index in [-0.39, 0.29) is 12.1 Å². The van der Waals surface area contributed by atoms with Crippen LogP contribution in [0.4, 0.5) is 0 Å². The summed E-state index contributed by atoms with van der Waals surface area (Å²) in [6.07, 6.45) is 3.14. The summed E-state index contributed by atoms with van der Waals surface area (Å²) in [4.78, 5) is 11.8. The molecule has 0 radical (unpaired) electrons. The second-order valence-corrected chi connectivity index (χ2v) is 7.52. The summed E-state index contributed by atoms with van der Waals surface area (Å²) in [5.41, 5.74) is -0.443. The van der Waals surface area contributed by atoms with Crippen LogP contribution in [-0.2, 0) is 9.53 Å². The minimum absolute atomic E-state index is 0.0678. The van der Waals surface area contributed by atoms with Crippen molar-refractivity contribution in [2.24, 2.45) is 5.92 Å². The lowest BCUT2D eigenvalue weighted by atomic mass is 10.1. The van der Waals surface area contributed by atoms with Crippen molar-refractivity contribution in [3.05, 3.63) is 24.3 Å². The van der Waals surface area contributed by atoms with Crippen molar-refractivity contribution in [1.82, 2.24) is 0 Å². The Kier molecular flexibility index (Phi) is 8.81. The fraction of sp³-hybridized carbons (Fsp3) is 0.667. The maximum atomic E-state index is 11.8. The summed E-state index contributed by atoms with van der Waals surface area (Å²) >= 11 is 0. The molecule has 0 saturated heterocycles. The molecule has 0 aliphatic heterocycles. The molecule has 0 aliphatic rings. The van der Waals surface area contributed by atoms with Gasteiger partial charge in [-0.3, -0.25) is 4.79 Å². The first kappa shape index (κ1) is 21.3.